The fraction of sp³-hybridized carbons (Fsp3) is 1.00. The van der Waals surface area contributed by atoms with Crippen LogP contribution in [0.15, 0.2) is 0 Å². The molecule has 3 heteroatoms. The molecule has 1 heterocycles. The van der Waals surface area contributed by atoms with E-state index in [0.717, 1.165) is 47.0 Å². The quantitative estimate of drug-likeness (QED) is 0.399. The van der Waals surface area contributed by atoms with Gasteiger partial charge in [-0.15, -0.1) is 0 Å². The molecule has 0 bridgehead atoms. The molecule has 28 heavy (non-hydrogen) atoms. The number of thioether (sulfide) groups is 1. The van der Waals surface area contributed by atoms with Gasteiger partial charge in [0.05, 0.1) is 6.10 Å². The Labute approximate surface area is 176 Å². The molecule has 9 atom stereocenters. The van der Waals surface area contributed by atoms with Crippen molar-refractivity contribution in [3.63, 3.8) is 0 Å². The van der Waals surface area contributed by atoms with Gasteiger partial charge in [0.25, 0.3) is 0 Å². The van der Waals surface area contributed by atoms with Gasteiger partial charge >= 0.3 is 0 Å². The third-order valence-electron chi connectivity index (χ3n) is 10.9. The van der Waals surface area contributed by atoms with E-state index in [0.29, 0.717) is 16.9 Å². The summed E-state index contributed by atoms with van der Waals surface area (Å²) in [6.07, 6.45) is 16.8. The van der Waals surface area contributed by atoms with Crippen LogP contribution in [0.2, 0.25) is 0 Å². The maximum absolute atomic E-state index is 6.89. The molecule has 5 aliphatic carbocycles. The van der Waals surface area contributed by atoms with Crippen LogP contribution in [0.4, 0.5) is 0 Å². The van der Waals surface area contributed by atoms with E-state index in [1.165, 1.54) is 57.8 Å². The van der Waals surface area contributed by atoms with E-state index in [9.17, 15) is 0 Å². The van der Waals surface area contributed by atoms with Crippen LogP contribution in [0.5, 0.6) is 0 Å². The molecule has 1 saturated heterocycles. The van der Waals surface area contributed by atoms with Gasteiger partial charge in [-0.25, -0.2) is 0 Å². The van der Waals surface area contributed by atoms with E-state index < -0.39 is 0 Å². The van der Waals surface area contributed by atoms with Gasteiger partial charge < -0.3 is 9.47 Å². The highest BCUT2D eigenvalue weighted by atomic mass is 32.2. The average molecular weight is 405 g/mol. The van der Waals surface area contributed by atoms with Crippen molar-refractivity contribution in [2.24, 2.45) is 34.5 Å². The Morgan fingerprint density at radius 1 is 0.821 bits per heavy atom. The predicted molar refractivity (Wildman–Crippen MR) is 115 cm³/mol. The van der Waals surface area contributed by atoms with Crippen molar-refractivity contribution in [2.45, 2.75) is 113 Å². The molecular formula is C25H40O2S. The third kappa shape index (κ3) is 2.60. The summed E-state index contributed by atoms with van der Waals surface area (Å²) in [5, 5.41) is 2.07. The van der Waals surface area contributed by atoms with Gasteiger partial charge in [-0.05, 0) is 98.7 Å². The van der Waals surface area contributed by atoms with E-state index >= 15 is 0 Å². The smallest absolute Gasteiger partial charge is 0.168 e. The largest absolute Gasteiger partial charge is 0.353 e. The summed E-state index contributed by atoms with van der Waals surface area (Å²) in [4.78, 5) is 0. The first-order chi connectivity index (χ1) is 13.5. The first-order valence-corrected chi connectivity index (χ1v) is 13.3. The van der Waals surface area contributed by atoms with Crippen LogP contribution in [0, 0.1) is 34.5 Å². The van der Waals surface area contributed by atoms with Crippen LogP contribution in [0.1, 0.15) is 90.9 Å². The average Bonchev–Trinajstić information content (AvgIpc) is 3.11. The molecule has 0 aromatic heterocycles. The van der Waals surface area contributed by atoms with Crippen LogP contribution in [0.25, 0.3) is 0 Å². The minimum absolute atomic E-state index is 0.259. The molecule has 6 rings (SSSR count). The van der Waals surface area contributed by atoms with Crippen LogP contribution in [-0.4, -0.2) is 29.5 Å². The Hall–Kier alpha value is 0.270. The molecule has 2 unspecified atom stereocenters. The highest BCUT2D eigenvalue weighted by Crippen LogP contribution is 2.70. The lowest BCUT2D eigenvalue weighted by Crippen LogP contribution is -2.55. The highest BCUT2D eigenvalue weighted by Gasteiger charge is 2.64. The van der Waals surface area contributed by atoms with Crippen molar-refractivity contribution in [2.75, 3.05) is 7.11 Å². The SMILES string of the molecule is COC1(O[C@H]2CC[C@H]3[C@@H]4CC[C@H]5C[C@@H]6S[C@@H]6CC5(C)[C@H]4CCC23C)CCCC1. The fourth-order valence-electron chi connectivity index (χ4n) is 9.21. The normalized spacial score (nSPS) is 56.5. The van der Waals surface area contributed by atoms with Crippen molar-refractivity contribution in [3.8, 4) is 0 Å². The van der Waals surface area contributed by atoms with Gasteiger partial charge in [0, 0.05) is 30.5 Å². The van der Waals surface area contributed by atoms with Gasteiger partial charge in [0.15, 0.2) is 5.79 Å². The summed E-state index contributed by atoms with van der Waals surface area (Å²) in [6, 6.07) is 0. The van der Waals surface area contributed by atoms with E-state index in [4.69, 9.17) is 9.47 Å². The number of ether oxygens (including phenoxy) is 2. The second-order valence-corrected chi connectivity index (χ2v) is 13.3. The van der Waals surface area contributed by atoms with E-state index in [1.807, 2.05) is 7.11 Å². The molecule has 1 aliphatic heterocycles. The van der Waals surface area contributed by atoms with Gasteiger partial charge in [0.1, 0.15) is 0 Å². The molecule has 6 fully saturated rings. The van der Waals surface area contributed by atoms with Crippen molar-refractivity contribution in [3.05, 3.63) is 0 Å². The topological polar surface area (TPSA) is 18.5 Å². The summed E-state index contributed by atoms with van der Waals surface area (Å²) in [6.45, 7) is 5.32. The van der Waals surface area contributed by atoms with Crippen molar-refractivity contribution in [1.29, 1.82) is 0 Å². The minimum Gasteiger partial charge on any atom is -0.353 e. The Morgan fingerprint density at radius 3 is 2.39 bits per heavy atom. The van der Waals surface area contributed by atoms with E-state index in [-0.39, 0.29) is 5.79 Å². The van der Waals surface area contributed by atoms with Crippen LogP contribution in [-0.2, 0) is 9.47 Å². The maximum atomic E-state index is 6.89. The lowest BCUT2D eigenvalue weighted by molar-refractivity contribution is -0.264. The molecule has 0 aromatic carbocycles. The summed E-state index contributed by atoms with van der Waals surface area (Å²) < 4.78 is 12.9. The molecule has 5 saturated carbocycles. The lowest BCUT2D eigenvalue weighted by Gasteiger charge is -2.60. The molecule has 0 aromatic rings. The molecule has 0 N–H and O–H groups in total. The summed E-state index contributed by atoms with van der Waals surface area (Å²) in [5.41, 5.74) is 1.04. The zero-order chi connectivity index (χ0) is 19.1. The monoisotopic (exact) mass is 404 g/mol. The molecule has 0 spiro atoms. The number of methoxy groups -OCH3 is 1. The van der Waals surface area contributed by atoms with Gasteiger partial charge in [-0.3, -0.25) is 0 Å². The Morgan fingerprint density at radius 2 is 1.61 bits per heavy atom. The van der Waals surface area contributed by atoms with Crippen molar-refractivity contribution >= 4 is 11.8 Å². The third-order valence-corrected chi connectivity index (χ3v) is 12.3. The Bertz CT molecular complexity index is 630. The summed E-state index contributed by atoms with van der Waals surface area (Å²) >= 11 is 2.31. The maximum Gasteiger partial charge on any atom is 0.168 e. The minimum atomic E-state index is -0.259. The van der Waals surface area contributed by atoms with Gasteiger partial charge in [-0.1, -0.05) is 13.8 Å². The standard InChI is InChI=1S/C25H40O2S/c1-23-13-10-19-17(7-6-16-14-20-21(28-20)15-24(16,19)2)18(23)8-9-22(23)27-25(26-3)11-4-5-12-25/h16-22H,4-15H2,1-3H3/t16-,17-,18-,19-,20-,21+,22-,23?,24?/m0/s1. The predicted octanol–water partition coefficient (Wildman–Crippen LogP) is 6.42. The summed E-state index contributed by atoms with van der Waals surface area (Å²) in [5.74, 6) is 3.63. The molecular weight excluding hydrogens is 364 g/mol. The molecule has 0 radical (unpaired) electrons. The van der Waals surface area contributed by atoms with Gasteiger partial charge in [-0.2, -0.15) is 11.8 Å². The number of hydrogen-bond acceptors (Lipinski definition) is 3. The number of fused-ring (bicyclic) bond motifs is 6. The molecule has 0 amide bonds. The van der Waals surface area contributed by atoms with Gasteiger partial charge in [0.2, 0.25) is 0 Å². The van der Waals surface area contributed by atoms with Crippen LogP contribution < -0.4 is 0 Å². The Kier molecular flexibility index (Phi) is 4.33. The zero-order valence-corrected chi connectivity index (χ0v) is 19.1. The number of hydrogen-bond donors (Lipinski definition) is 0. The fourth-order valence-corrected chi connectivity index (χ4v) is 10.6. The van der Waals surface area contributed by atoms with E-state index in [1.54, 1.807) is 6.42 Å². The second kappa shape index (κ2) is 6.39. The summed E-state index contributed by atoms with van der Waals surface area (Å²) in [7, 11) is 1.88. The first kappa shape index (κ1) is 19.0. The van der Waals surface area contributed by atoms with E-state index in [2.05, 4.69) is 25.6 Å². The first-order valence-electron chi connectivity index (χ1n) is 12.4. The lowest BCUT2D eigenvalue weighted by atomic mass is 9.45. The second-order valence-electron chi connectivity index (χ2n) is 11.9. The molecule has 2 nitrogen and oxygen atoms in total. The van der Waals surface area contributed by atoms with Crippen molar-refractivity contribution in [1.82, 2.24) is 0 Å². The molecule has 158 valence electrons. The van der Waals surface area contributed by atoms with Crippen LogP contribution in [0.3, 0.4) is 0 Å². The number of rotatable bonds is 3. The van der Waals surface area contributed by atoms with Crippen molar-refractivity contribution < 1.29 is 9.47 Å². The Balaban J connectivity index is 1.23. The highest BCUT2D eigenvalue weighted by molar-refractivity contribution is 8.07. The van der Waals surface area contributed by atoms with Crippen LogP contribution >= 0.6 is 11.8 Å². The zero-order valence-electron chi connectivity index (χ0n) is 18.3. The molecule has 6 aliphatic rings.